The van der Waals surface area contributed by atoms with Gasteiger partial charge in [0, 0.05) is 18.0 Å². The molecule has 1 atom stereocenters. The van der Waals surface area contributed by atoms with E-state index in [1.165, 1.54) is 18.2 Å². The zero-order valence-electron chi connectivity index (χ0n) is 8.33. The molecule has 0 saturated heterocycles. The number of rotatable bonds is 2. The van der Waals surface area contributed by atoms with Crippen LogP contribution in [0.15, 0.2) is 23.1 Å². The Kier molecular flexibility index (Phi) is 2.52. The van der Waals surface area contributed by atoms with E-state index in [1.807, 2.05) is 0 Å². The molecule has 0 saturated carbocycles. The molecule has 15 heavy (non-hydrogen) atoms. The van der Waals surface area contributed by atoms with Gasteiger partial charge in [0.1, 0.15) is 5.82 Å². The Morgan fingerprint density at radius 2 is 2.27 bits per heavy atom. The predicted molar refractivity (Wildman–Crippen MR) is 55.1 cm³/mol. The number of hydrogen-bond acceptors (Lipinski definition) is 3. The summed E-state index contributed by atoms with van der Waals surface area (Å²) < 4.78 is 36.9. The van der Waals surface area contributed by atoms with Crippen LogP contribution in [0.4, 0.5) is 4.39 Å². The molecule has 82 valence electrons. The van der Waals surface area contributed by atoms with E-state index in [-0.39, 0.29) is 16.6 Å². The van der Waals surface area contributed by atoms with Gasteiger partial charge < -0.3 is 5.32 Å². The first-order valence-electron chi connectivity index (χ1n) is 4.72. The molecule has 1 aromatic carbocycles. The van der Waals surface area contributed by atoms with Crippen molar-refractivity contribution in [3.05, 3.63) is 29.6 Å². The van der Waals surface area contributed by atoms with Crippen LogP contribution in [0.3, 0.4) is 0 Å². The number of sulfone groups is 1. The van der Waals surface area contributed by atoms with Crippen molar-refractivity contribution in [2.24, 2.45) is 0 Å². The van der Waals surface area contributed by atoms with Crippen molar-refractivity contribution < 1.29 is 12.8 Å². The Hall–Kier alpha value is -0.940. The summed E-state index contributed by atoms with van der Waals surface area (Å²) in [4.78, 5) is 0.155. The molecule has 0 aromatic heterocycles. The first-order chi connectivity index (χ1) is 7.06. The molecule has 5 heteroatoms. The number of nitrogens with one attached hydrogen (secondary N) is 1. The normalized spacial score (nSPS) is 22.7. The third-order valence-electron chi connectivity index (χ3n) is 2.63. The summed E-state index contributed by atoms with van der Waals surface area (Å²) in [6, 6.07) is 4.22. The molecule has 1 aliphatic rings. The number of fused-ring (bicyclic) bond motifs is 1. The third-order valence-corrected chi connectivity index (χ3v) is 4.49. The van der Waals surface area contributed by atoms with Crippen LogP contribution in [0, 0.1) is 5.82 Å². The molecule has 1 heterocycles. The van der Waals surface area contributed by atoms with Gasteiger partial charge in [-0.3, -0.25) is 0 Å². The quantitative estimate of drug-likeness (QED) is 0.820. The van der Waals surface area contributed by atoms with Crippen LogP contribution in [-0.4, -0.2) is 27.8 Å². The van der Waals surface area contributed by atoms with Gasteiger partial charge in [0.05, 0.1) is 10.6 Å². The van der Waals surface area contributed by atoms with E-state index in [2.05, 4.69) is 5.32 Å². The Morgan fingerprint density at radius 1 is 1.53 bits per heavy atom. The van der Waals surface area contributed by atoms with Crippen molar-refractivity contribution >= 4 is 9.84 Å². The Balaban J connectivity index is 2.59. The van der Waals surface area contributed by atoms with E-state index in [0.29, 0.717) is 12.1 Å². The molecule has 0 radical (unpaired) electrons. The van der Waals surface area contributed by atoms with Gasteiger partial charge in [0.25, 0.3) is 0 Å². The molecular formula is C10H12FNO2S. The minimum Gasteiger partial charge on any atom is -0.319 e. The lowest BCUT2D eigenvalue weighted by molar-refractivity contribution is 0.576. The molecule has 0 fully saturated rings. The summed E-state index contributed by atoms with van der Waals surface area (Å²) in [7, 11) is -1.55. The summed E-state index contributed by atoms with van der Waals surface area (Å²) in [5.41, 5.74) is 0.340. The molecule has 1 aliphatic heterocycles. The maximum absolute atomic E-state index is 13.5. The number of likely N-dealkylation sites (N-methyl/N-ethyl adjacent to an activating group) is 1. The molecule has 1 N–H and O–H groups in total. The Morgan fingerprint density at radius 3 is 2.93 bits per heavy atom. The number of benzene rings is 1. The van der Waals surface area contributed by atoms with Crippen molar-refractivity contribution in [3.63, 3.8) is 0 Å². The molecule has 1 unspecified atom stereocenters. The van der Waals surface area contributed by atoms with Crippen LogP contribution < -0.4 is 5.32 Å². The second kappa shape index (κ2) is 3.57. The number of halogens is 1. The van der Waals surface area contributed by atoms with Crippen molar-refractivity contribution in [2.75, 3.05) is 19.3 Å². The summed E-state index contributed by atoms with van der Waals surface area (Å²) in [5, 5.41) is 2.88. The lowest BCUT2D eigenvalue weighted by Gasteiger charge is -2.08. The van der Waals surface area contributed by atoms with E-state index in [1.54, 1.807) is 7.05 Å². The van der Waals surface area contributed by atoms with Crippen molar-refractivity contribution in [3.8, 4) is 0 Å². The molecule has 0 bridgehead atoms. The number of hydrogen-bond donors (Lipinski definition) is 1. The van der Waals surface area contributed by atoms with Crippen molar-refractivity contribution in [1.82, 2.24) is 5.32 Å². The summed E-state index contributed by atoms with van der Waals surface area (Å²) in [6.45, 7) is 0.479. The highest BCUT2D eigenvalue weighted by molar-refractivity contribution is 7.91. The lowest BCUT2D eigenvalue weighted by Crippen LogP contribution is -2.19. The van der Waals surface area contributed by atoms with E-state index in [9.17, 15) is 12.8 Å². The smallest absolute Gasteiger partial charge is 0.179 e. The van der Waals surface area contributed by atoms with E-state index < -0.39 is 15.7 Å². The van der Waals surface area contributed by atoms with E-state index in [4.69, 9.17) is 0 Å². The largest absolute Gasteiger partial charge is 0.319 e. The fraction of sp³-hybridized carbons (Fsp3) is 0.400. The fourth-order valence-corrected chi connectivity index (χ4v) is 3.91. The van der Waals surface area contributed by atoms with Crippen LogP contribution in [0.5, 0.6) is 0 Å². The second-order valence-corrected chi connectivity index (χ2v) is 5.69. The molecule has 3 nitrogen and oxygen atoms in total. The van der Waals surface area contributed by atoms with Gasteiger partial charge in [0.2, 0.25) is 0 Å². The van der Waals surface area contributed by atoms with Crippen LogP contribution >= 0.6 is 0 Å². The standard InChI is InChI=1S/C10H12FNO2S/c1-12-5-7-6-15(13,14)9-4-2-3-8(11)10(7)9/h2-4,7,12H,5-6H2,1H3. The molecular weight excluding hydrogens is 217 g/mol. The minimum absolute atomic E-state index is 0.00407. The summed E-state index contributed by atoms with van der Waals surface area (Å²) in [5.74, 6) is -0.686. The van der Waals surface area contributed by atoms with Gasteiger partial charge in [0.15, 0.2) is 9.84 Å². The first-order valence-corrected chi connectivity index (χ1v) is 6.37. The molecule has 2 rings (SSSR count). The van der Waals surface area contributed by atoms with Gasteiger partial charge in [-0.2, -0.15) is 0 Å². The zero-order valence-corrected chi connectivity index (χ0v) is 9.14. The van der Waals surface area contributed by atoms with Crippen molar-refractivity contribution in [1.29, 1.82) is 0 Å². The van der Waals surface area contributed by atoms with Gasteiger partial charge in [-0.25, -0.2) is 12.8 Å². The average molecular weight is 229 g/mol. The highest BCUT2D eigenvalue weighted by atomic mass is 32.2. The maximum atomic E-state index is 13.5. The van der Waals surface area contributed by atoms with E-state index in [0.717, 1.165) is 0 Å². The Bertz CT molecular complexity index is 484. The molecule has 0 aliphatic carbocycles. The predicted octanol–water partition coefficient (Wildman–Crippen LogP) is 0.916. The average Bonchev–Trinajstić information content (AvgIpc) is 2.41. The van der Waals surface area contributed by atoms with Crippen LogP contribution in [0.1, 0.15) is 11.5 Å². The summed E-state index contributed by atoms with van der Waals surface area (Å²) >= 11 is 0. The van der Waals surface area contributed by atoms with Gasteiger partial charge >= 0.3 is 0 Å². The zero-order chi connectivity index (χ0) is 11.1. The topological polar surface area (TPSA) is 46.2 Å². The lowest BCUT2D eigenvalue weighted by atomic mass is 10.0. The molecule has 0 spiro atoms. The summed E-state index contributed by atoms with van der Waals surface area (Å²) in [6.07, 6.45) is 0. The third kappa shape index (κ3) is 1.66. The molecule has 0 amide bonds. The van der Waals surface area contributed by atoms with Crippen molar-refractivity contribution in [2.45, 2.75) is 10.8 Å². The van der Waals surface area contributed by atoms with Gasteiger partial charge in [-0.1, -0.05) is 6.07 Å². The minimum atomic E-state index is -3.28. The van der Waals surface area contributed by atoms with Gasteiger partial charge in [-0.15, -0.1) is 0 Å². The monoisotopic (exact) mass is 229 g/mol. The highest BCUT2D eigenvalue weighted by Crippen LogP contribution is 2.36. The SMILES string of the molecule is CNCC1CS(=O)(=O)c2cccc(F)c21. The van der Waals surface area contributed by atoms with Gasteiger partial charge in [-0.05, 0) is 19.2 Å². The second-order valence-electron chi connectivity index (χ2n) is 3.69. The maximum Gasteiger partial charge on any atom is 0.179 e. The van der Waals surface area contributed by atoms with Crippen LogP contribution in [0.25, 0.3) is 0 Å². The van der Waals surface area contributed by atoms with E-state index >= 15 is 0 Å². The fourth-order valence-electron chi connectivity index (χ4n) is 2.03. The molecule has 1 aromatic rings. The Labute approximate surface area is 88.2 Å². The van der Waals surface area contributed by atoms with Crippen LogP contribution in [-0.2, 0) is 9.84 Å². The highest BCUT2D eigenvalue weighted by Gasteiger charge is 2.36. The van der Waals surface area contributed by atoms with Crippen LogP contribution in [0.2, 0.25) is 0 Å². The first kappa shape index (κ1) is 10.6.